The number of hydrogen-bond donors (Lipinski definition) is 8. The molecule has 2 heterocycles. The minimum absolute atomic E-state index is 0.00739. The number of aromatic hydroxyl groups is 1. The van der Waals surface area contributed by atoms with Gasteiger partial charge in [-0.1, -0.05) is 57.2 Å². The van der Waals surface area contributed by atoms with E-state index < -0.39 is 53.7 Å². The van der Waals surface area contributed by atoms with Gasteiger partial charge in [0.1, 0.15) is 48.8 Å². The lowest BCUT2D eigenvalue weighted by molar-refractivity contribution is -0.141. The monoisotopic (exact) mass is 917 g/mol. The molecule has 5 amide bonds. The highest BCUT2D eigenvalue weighted by atomic mass is 16.5. The number of nitriles is 1. The summed E-state index contributed by atoms with van der Waals surface area (Å²) in [6.45, 7) is 12.8. The predicted molar refractivity (Wildman–Crippen MR) is 254 cm³/mol. The number of nitrogens with two attached hydrogens (primary N) is 2. The van der Waals surface area contributed by atoms with Gasteiger partial charge in [-0.15, -0.1) is 0 Å². The van der Waals surface area contributed by atoms with Gasteiger partial charge in [-0.2, -0.15) is 5.26 Å². The number of carbonyl (C=O) groups is 5. The van der Waals surface area contributed by atoms with Crippen LogP contribution < -0.4 is 42.8 Å². The van der Waals surface area contributed by atoms with Gasteiger partial charge in [-0.3, -0.25) is 24.0 Å². The van der Waals surface area contributed by atoms with Gasteiger partial charge in [-0.05, 0) is 99.6 Å². The summed E-state index contributed by atoms with van der Waals surface area (Å²) in [6, 6.07) is 14.3. The lowest BCUT2D eigenvalue weighted by Crippen LogP contribution is -2.56. The Bertz CT molecular complexity index is 2460. The summed E-state index contributed by atoms with van der Waals surface area (Å²) in [4.78, 5) is 80.9. The first kappa shape index (κ1) is 51.1. The molecule has 356 valence electrons. The summed E-state index contributed by atoms with van der Waals surface area (Å²) >= 11 is 0. The van der Waals surface area contributed by atoms with Crippen LogP contribution in [0.25, 0.3) is 22.5 Å². The number of likely N-dealkylation sites (N-methyl/N-ethyl adjacent to an activating group) is 1. The van der Waals surface area contributed by atoms with Gasteiger partial charge in [-0.25, -0.2) is 9.97 Å². The fourth-order valence-corrected chi connectivity index (χ4v) is 7.79. The van der Waals surface area contributed by atoms with E-state index in [1.165, 1.54) is 24.9 Å². The quantitative estimate of drug-likeness (QED) is 0.0594. The Morgan fingerprint density at radius 3 is 2.30 bits per heavy atom. The van der Waals surface area contributed by atoms with Crippen molar-refractivity contribution in [1.29, 1.82) is 5.26 Å². The summed E-state index contributed by atoms with van der Waals surface area (Å²) in [5, 5.41) is 34.4. The molecule has 0 unspecified atom stereocenters. The second-order valence-electron chi connectivity index (χ2n) is 17.6. The molecule has 0 radical (unpaired) electrons. The molecule has 1 aromatic heterocycles. The Balaban J connectivity index is 1.54. The second-order valence-corrected chi connectivity index (χ2v) is 17.6. The van der Waals surface area contributed by atoms with E-state index in [1.807, 2.05) is 30.3 Å². The number of aromatic nitrogens is 2. The molecule has 0 saturated heterocycles. The zero-order valence-electron chi connectivity index (χ0n) is 39.3. The Hall–Kier alpha value is -6.94. The number of rotatable bonds is 16. The average Bonchev–Trinajstić information content (AvgIpc) is 3.28. The minimum Gasteiger partial charge on any atom is -0.507 e. The first-order valence-corrected chi connectivity index (χ1v) is 22.4. The van der Waals surface area contributed by atoms with Crippen molar-refractivity contribution in [2.45, 2.75) is 90.4 Å². The molecule has 0 spiro atoms. The number of ether oxygens (including phenoxy) is 1. The van der Waals surface area contributed by atoms with Gasteiger partial charge in [0.15, 0.2) is 5.82 Å². The molecule has 5 rings (SSSR count). The Morgan fingerprint density at radius 2 is 1.66 bits per heavy atom. The van der Waals surface area contributed by atoms with E-state index in [0.717, 1.165) is 17.5 Å². The van der Waals surface area contributed by atoms with E-state index in [4.69, 9.17) is 21.5 Å². The SMILES string of the molecule is Cc1nc(-c2ccc(C(C)(C)C)cc2)nc(C)c1C(=O)N[C@@H](CCN)C(=O)N(C)[C@@H]1C(=O)N[C@@H](C)C(=O)N[C@H](C(=O)NCC#N)Cc2ccc(O)c(c2)-c2cc1ccc2OCCNCCCN. The summed E-state index contributed by atoms with van der Waals surface area (Å²) in [7, 11) is 1.40. The molecule has 4 atom stereocenters. The third kappa shape index (κ3) is 12.9. The van der Waals surface area contributed by atoms with E-state index in [2.05, 4.69) is 57.3 Å². The highest BCUT2D eigenvalue weighted by Crippen LogP contribution is 2.39. The van der Waals surface area contributed by atoms with Crippen molar-refractivity contribution in [3.63, 3.8) is 0 Å². The number of benzene rings is 3. The Kier molecular flexibility index (Phi) is 17.5. The van der Waals surface area contributed by atoms with Crippen molar-refractivity contribution in [1.82, 2.24) is 41.5 Å². The van der Waals surface area contributed by atoms with Crippen LogP contribution in [0.5, 0.6) is 11.5 Å². The van der Waals surface area contributed by atoms with Crippen LogP contribution >= 0.6 is 0 Å². The largest absolute Gasteiger partial charge is 0.507 e. The van der Waals surface area contributed by atoms with Crippen molar-refractivity contribution >= 4 is 29.5 Å². The molecule has 10 N–H and O–H groups in total. The molecular formula is C49H63N11O7. The van der Waals surface area contributed by atoms with Crippen LogP contribution in [-0.4, -0.2) is 114 Å². The first-order valence-electron chi connectivity index (χ1n) is 22.4. The van der Waals surface area contributed by atoms with Gasteiger partial charge < -0.3 is 52.8 Å². The van der Waals surface area contributed by atoms with Gasteiger partial charge in [0.05, 0.1) is 23.0 Å². The van der Waals surface area contributed by atoms with Crippen LogP contribution in [0.3, 0.4) is 0 Å². The predicted octanol–water partition coefficient (Wildman–Crippen LogP) is 2.58. The maximum absolute atomic E-state index is 14.7. The normalized spacial score (nSPS) is 16.6. The van der Waals surface area contributed by atoms with Crippen molar-refractivity contribution in [2.75, 3.05) is 46.4 Å². The molecule has 0 fully saturated rings. The molecule has 0 saturated carbocycles. The van der Waals surface area contributed by atoms with Gasteiger partial charge in [0.25, 0.3) is 5.91 Å². The van der Waals surface area contributed by atoms with Crippen LogP contribution in [0.15, 0.2) is 60.7 Å². The highest BCUT2D eigenvalue weighted by Gasteiger charge is 2.36. The van der Waals surface area contributed by atoms with Crippen molar-refractivity contribution in [2.24, 2.45) is 11.5 Å². The van der Waals surface area contributed by atoms with Gasteiger partial charge >= 0.3 is 0 Å². The zero-order chi connectivity index (χ0) is 49.0. The summed E-state index contributed by atoms with van der Waals surface area (Å²) in [5.74, 6) is -2.78. The number of carbonyl (C=O) groups excluding carboxylic acids is 5. The minimum atomic E-state index is -1.43. The average molecular weight is 918 g/mol. The summed E-state index contributed by atoms with van der Waals surface area (Å²) in [6.07, 6.45) is 0.730. The van der Waals surface area contributed by atoms with Crippen molar-refractivity contribution in [3.05, 3.63) is 94.3 Å². The number of phenolic OH excluding ortho intramolecular Hbond substituents is 1. The maximum atomic E-state index is 14.7. The number of phenols is 1. The Morgan fingerprint density at radius 1 is 0.955 bits per heavy atom. The molecule has 4 aromatic rings. The number of nitrogens with zero attached hydrogens (tertiary/aromatic N) is 4. The van der Waals surface area contributed by atoms with E-state index in [9.17, 15) is 29.1 Å². The number of aryl methyl sites for hydroxylation is 2. The highest BCUT2D eigenvalue weighted by molar-refractivity contribution is 6.00. The topological polar surface area (TPSA) is 280 Å². The Labute approximate surface area is 391 Å². The van der Waals surface area contributed by atoms with E-state index >= 15 is 0 Å². The molecule has 18 heteroatoms. The number of amides is 5. The van der Waals surface area contributed by atoms with Crippen LogP contribution in [-0.2, 0) is 31.0 Å². The zero-order valence-corrected chi connectivity index (χ0v) is 39.3. The van der Waals surface area contributed by atoms with Crippen LogP contribution in [0.4, 0.5) is 0 Å². The fraction of sp³-hybridized carbons (Fsp3) is 0.429. The van der Waals surface area contributed by atoms with Crippen molar-refractivity contribution < 1.29 is 33.8 Å². The lowest BCUT2D eigenvalue weighted by Gasteiger charge is -2.32. The van der Waals surface area contributed by atoms with Gasteiger partial charge in [0.2, 0.25) is 23.6 Å². The number of hydrogen-bond acceptors (Lipinski definition) is 13. The molecular weight excluding hydrogens is 855 g/mol. The summed E-state index contributed by atoms with van der Waals surface area (Å²) in [5.41, 5.74) is 16.0. The third-order valence-electron chi connectivity index (χ3n) is 11.5. The standard InChI is InChI=1S/C49H63N11O7/c1-28-41(29(2)56-43(55-28)32-10-13-34(14-11-32)49(4,5)6)46(64)58-37(17-19-51)48(66)60(7)42-33-12-16-40(67-24-23-53-21-8-18-50)36(27-33)35-25-31(9-15-39(35)61)26-38(45(63)54-22-20-52)59-44(62)30(3)57-47(42)65/h9-16,25,27,30,37-38,42,53,61H,8,17-19,21-24,26,50-51H2,1-7H3,(H,54,63)(H,57,65)(H,58,64)(H,59,62)/t30-,37-,38-,42-/m0/s1. The third-order valence-corrected chi connectivity index (χ3v) is 11.5. The summed E-state index contributed by atoms with van der Waals surface area (Å²) < 4.78 is 6.24. The van der Waals surface area contributed by atoms with Crippen LogP contribution in [0.2, 0.25) is 0 Å². The lowest BCUT2D eigenvalue weighted by atomic mass is 9.86. The van der Waals surface area contributed by atoms with E-state index in [1.54, 1.807) is 44.2 Å². The molecule has 18 nitrogen and oxygen atoms in total. The molecule has 3 aromatic carbocycles. The molecule has 4 bridgehead atoms. The van der Waals surface area contributed by atoms with E-state index in [-0.39, 0.29) is 60.4 Å². The van der Waals surface area contributed by atoms with Crippen molar-refractivity contribution in [3.8, 4) is 40.1 Å². The maximum Gasteiger partial charge on any atom is 0.255 e. The molecule has 1 aliphatic heterocycles. The van der Waals surface area contributed by atoms with E-state index in [0.29, 0.717) is 53.7 Å². The van der Waals surface area contributed by atoms with Crippen LogP contribution in [0, 0.1) is 25.2 Å². The molecule has 67 heavy (non-hydrogen) atoms. The van der Waals surface area contributed by atoms with Gasteiger partial charge in [0, 0.05) is 36.7 Å². The van der Waals surface area contributed by atoms with Crippen LogP contribution in [0.1, 0.15) is 85.0 Å². The number of nitrogens with one attached hydrogen (secondary N) is 5. The molecule has 1 aliphatic rings. The molecule has 0 aliphatic carbocycles. The first-order chi connectivity index (χ1) is 31.9. The fourth-order valence-electron chi connectivity index (χ4n) is 7.79. The smallest absolute Gasteiger partial charge is 0.255 e. The number of fused-ring (bicyclic) bond motifs is 5. The second kappa shape index (κ2) is 23.0.